The van der Waals surface area contributed by atoms with Crippen LogP contribution in [0.4, 0.5) is 0 Å². The van der Waals surface area contributed by atoms with E-state index in [2.05, 4.69) is 44.2 Å². The molecular weight excluding hydrogens is 208 g/mol. The van der Waals surface area contributed by atoms with E-state index in [9.17, 15) is 0 Å². The van der Waals surface area contributed by atoms with Gasteiger partial charge in [0.05, 0.1) is 0 Å². The molecule has 0 amide bonds. The van der Waals surface area contributed by atoms with Gasteiger partial charge in [0.15, 0.2) is 0 Å². The van der Waals surface area contributed by atoms with Crippen molar-refractivity contribution in [1.82, 2.24) is 4.90 Å². The number of aryl methyl sites for hydroxylation is 1. The molecule has 0 saturated heterocycles. The van der Waals surface area contributed by atoms with Crippen molar-refractivity contribution in [3.05, 3.63) is 58.8 Å². The standard InChI is InChI=1S/C15H18N2/c1-4-14-12(3)9-15(16)17(14)10-13-7-5-11(2)6-8-13/h4-9,16H,10H2,1-3H3/b14-4-,16-15?. The van der Waals surface area contributed by atoms with Crippen LogP contribution in [0.5, 0.6) is 0 Å². The molecule has 1 aromatic rings. The molecule has 0 fully saturated rings. The maximum absolute atomic E-state index is 7.97. The fraction of sp³-hybridized carbons (Fsp3) is 0.267. The molecule has 1 aromatic carbocycles. The Bertz CT molecular complexity index is 492. The van der Waals surface area contributed by atoms with Gasteiger partial charge in [0.25, 0.3) is 0 Å². The average Bonchev–Trinajstić information content (AvgIpc) is 2.57. The topological polar surface area (TPSA) is 27.1 Å². The van der Waals surface area contributed by atoms with E-state index in [1.54, 1.807) is 0 Å². The molecular formula is C15H18N2. The van der Waals surface area contributed by atoms with Gasteiger partial charge in [-0.3, -0.25) is 5.41 Å². The van der Waals surface area contributed by atoms with Crippen LogP contribution < -0.4 is 0 Å². The molecule has 2 rings (SSSR count). The fourth-order valence-corrected chi connectivity index (χ4v) is 2.13. The smallest absolute Gasteiger partial charge is 0.125 e. The van der Waals surface area contributed by atoms with Crippen LogP contribution in [0.15, 0.2) is 47.7 Å². The van der Waals surface area contributed by atoms with E-state index in [1.807, 2.05) is 17.9 Å². The number of benzene rings is 1. The second kappa shape index (κ2) is 4.58. The Labute approximate surface area is 103 Å². The third-order valence-electron chi connectivity index (χ3n) is 3.07. The van der Waals surface area contributed by atoms with Crippen LogP contribution in [-0.4, -0.2) is 10.7 Å². The van der Waals surface area contributed by atoms with Crippen molar-refractivity contribution < 1.29 is 0 Å². The maximum Gasteiger partial charge on any atom is 0.125 e. The highest BCUT2D eigenvalue weighted by atomic mass is 15.2. The first-order valence-electron chi connectivity index (χ1n) is 5.88. The van der Waals surface area contributed by atoms with Gasteiger partial charge in [-0.15, -0.1) is 0 Å². The molecule has 0 radical (unpaired) electrons. The lowest BCUT2D eigenvalue weighted by Crippen LogP contribution is -2.23. The van der Waals surface area contributed by atoms with E-state index in [-0.39, 0.29) is 0 Å². The first kappa shape index (κ1) is 11.6. The van der Waals surface area contributed by atoms with Gasteiger partial charge in [-0.1, -0.05) is 35.9 Å². The third-order valence-corrected chi connectivity index (χ3v) is 3.07. The van der Waals surface area contributed by atoms with Crippen molar-refractivity contribution >= 4 is 5.84 Å². The van der Waals surface area contributed by atoms with E-state index in [1.165, 1.54) is 16.7 Å². The fourth-order valence-electron chi connectivity index (χ4n) is 2.13. The summed E-state index contributed by atoms with van der Waals surface area (Å²) in [6.07, 6.45) is 3.99. The number of allylic oxidation sites excluding steroid dienone is 2. The molecule has 2 nitrogen and oxygen atoms in total. The van der Waals surface area contributed by atoms with Crippen molar-refractivity contribution in [2.45, 2.75) is 27.3 Å². The highest BCUT2D eigenvalue weighted by molar-refractivity contribution is 5.96. The minimum atomic E-state index is 0.580. The number of rotatable bonds is 2. The molecule has 17 heavy (non-hydrogen) atoms. The predicted molar refractivity (Wildman–Crippen MR) is 72.0 cm³/mol. The van der Waals surface area contributed by atoms with Gasteiger partial charge in [0.2, 0.25) is 0 Å². The lowest BCUT2D eigenvalue weighted by molar-refractivity contribution is 0.526. The zero-order valence-electron chi connectivity index (χ0n) is 10.6. The Hall–Kier alpha value is -1.83. The summed E-state index contributed by atoms with van der Waals surface area (Å²) < 4.78 is 0. The summed E-state index contributed by atoms with van der Waals surface area (Å²) in [5, 5.41) is 7.97. The zero-order chi connectivity index (χ0) is 12.4. The normalized spacial score (nSPS) is 17.8. The molecule has 88 valence electrons. The van der Waals surface area contributed by atoms with Crippen LogP contribution in [0.1, 0.15) is 25.0 Å². The van der Waals surface area contributed by atoms with Crippen LogP contribution in [0, 0.1) is 12.3 Å². The molecule has 1 aliphatic heterocycles. The Morgan fingerprint density at radius 2 is 1.82 bits per heavy atom. The Morgan fingerprint density at radius 3 is 2.41 bits per heavy atom. The number of amidine groups is 1. The van der Waals surface area contributed by atoms with Crippen LogP contribution in [0.2, 0.25) is 0 Å². The van der Waals surface area contributed by atoms with E-state index < -0.39 is 0 Å². The van der Waals surface area contributed by atoms with Crippen molar-refractivity contribution in [2.24, 2.45) is 0 Å². The van der Waals surface area contributed by atoms with E-state index in [0.717, 1.165) is 12.2 Å². The minimum Gasteiger partial charge on any atom is -0.322 e. The molecule has 0 spiro atoms. The third kappa shape index (κ3) is 2.31. The number of hydrogen-bond acceptors (Lipinski definition) is 1. The van der Waals surface area contributed by atoms with Gasteiger partial charge >= 0.3 is 0 Å². The lowest BCUT2D eigenvalue weighted by Gasteiger charge is -2.21. The number of nitrogens with one attached hydrogen (secondary N) is 1. The van der Waals surface area contributed by atoms with Crippen molar-refractivity contribution in [2.75, 3.05) is 0 Å². The molecule has 1 aliphatic rings. The summed E-state index contributed by atoms with van der Waals surface area (Å²) in [5.74, 6) is 0.580. The molecule has 1 N–H and O–H groups in total. The van der Waals surface area contributed by atoms with Crippen LogP contribution >= 0.6 is 0 Å². The molecule has 2 heteroatoms. The Balaban J connectivity index is 2.20. The highest BCUT2D eigenvalue weighted by Crippen LogP contribution is 2.25. The largest absolute Gasteiger partial charge is 0.322 e. The van der Waals surface area contributed by atoms with Crippen molar-refractivity contribution in [3.8, 4) is 0 Å². The molecule has 0 aliphatic carbocycles. The predicted octanol–water partition coefficient (Wildman–Crippen LogP) is 3.64. The van der Waals surface area contributed by atoms with Crippen LogP contribution in [-0.2, 0) is 6.54 Å². The zero-order valence-corrected chi connectivity index (χ0v) is 10.6. The summed E-state index contributed by atoms with van der Waals surface area (Å²) in [6.45, 7) is 6.93. The maximum atomic E-state index is 7.97. The summed E-state index contributed by atoms with van der Waals surface area (Å²) in [5.41, 5.74) is 4.83. The van der Waals surface area contributed by atoms with Crippen LogP contribution in [0.3, 0.4) is 0 Å². The van der Waals surface area contributed by atoms with Gasteiger partial charge in [-0.25, -0.2) is 0 Å². The molecule has 0 atom stereocenters. The summed E-state index contributed by atoms with van der Waals surface area (Å²) in [6, 6.07) is 8.49. The van der Waals surface area contributed by atoms with E-state index in [0.29, 0.717) is 5.84 Å². The van der Waals surface area contributed by atoms with Gasteiger partial charge in [-0.2, -0.15) is 0 Å². The average molecular weight is 226 g/mol. The monoisotopic (exact) mass is 226 g/mol. The lowest BCUT2D eigenvalue weighted by atomic mass is 10.1. The summed E-state index contributed by atoms with van der Waals surface area (Å²) in [4.78, 5) is 2.04. The van der Waals surface area contributed by atoms with Gasteiger partial charge in [-0.05, 0) is 38.0 Å². The summed E-state index contributed by atoms with van der Waals surface area (Å²) >= 11 is 0. The molecule has 1 heterocycles. The van der Waals surface area contributed by atoms with E-state index >= 15 is 0 Å². The molecule has 0 bridgehead atoms. The van der Waals surface area contributed by atoms with Crippen molar-refractivity contribution in [3.63, 3.8) is 0 Å². The van der Waals surface area contributed by atoms with Gasteiger partial charge in [0.1, 0.15) is 5.84 Å². The van der Waals surface area contributed by atoms with Gasteiger partial charge in [0, 0.05) is 12.2 Å². The SMILES string of the molecule is C/C=C1/C(C)=CC(=N)N1Cc1ccc(C)cc1. The van der Waals surface area contributed by atoms with Gasteiger partial charge < -0.3 is 4.90 Å². The minimum absolute atomic E-state index is 0.580. The Kier molecular flexibility index (Phi) is 3.14. The molecule has 0 unspecified atom stereocenters. The Morgan fingerprint density at radius 1 is 1.18 bits per heavy atom. The van der Waals surface area contributed by atoms with Crippen LogP contribution in [0.25, 0.3) is 0 Å². The van der Waals surface area contributed by atoms with Crippen molar-refractivity contribution in [1.29, 1.82) is 5.41 Å². The quantitative estimate of drug-likeness (QED) is 0.819. The number of nitrogens with zero attached hydrogens (tertiary/aromatic N) is 1. The first-order valence-corrected chi connectivity index (χ1v) is 5.88. The molecule has 0 aromatic heterocycles. The second-order valence-corrected chi connectivity index (χ2v) is 4.46. The highest BCUT2D eigenvalue weighted by Gasteiger charge is 2.21. The number of hydrogen-bond donors (Lipinski definition) is 1. The first-order chi connectivity index (χ1) is 8.11. The second-order valence-electron chi connectivity index (χ2n) is 4.46. The van der Waals surface area contributed by atoms with E-state index in [4.69, 9.17) is 5.41 Å². The molecule has 0 saturated carbocycles. The summed E-state index contributed by atoms with van der Waals surface area (Å²) in [7, 11) is 0.